The molecule has 348 valence electrons. The number of ether oxygens (including phenoxy) is 1. The van der Waals surface area contributed by atoms with Crippen molar-refractivity contribution in [3.05, 3.63) is 100 Å². The van der Waals surface area contributed by atoms with E-state index >= 15 is 0 Å². The molecule has 1 saturated carbocycles. The van der Waals surface area contributed by atoms with Gasteiger partial charge in [0.1, 0.15) is 35.6 Å². The highest BCUT2D eigenvalue weighted by atomic mass is 16.5. The Hall–Kier alpha value is -4.95. The van der Waals surface area contributed by atoms with Gasteiger partial charge in [-0.25, -0.2) is 4.98 Å². The number of Topliss-reactive ketones (excluding diaryl/α,β-unsaturated/α-hetero) is 2. The number of hydrogen-bond donors (Lipinski definition) is 5. The number of aromatic nitrogens is 1. The van der Waals surface area contributed by atoms with E-state index in [1.807, 2.05) is 30.5 Å². The van der Waals surface area contributed by atoms with E-state index in [0.717, 1.165) is 66.0 Å². The third-order valence-electron chi connectivity index (χ3n) is 13.9. The number of nitrogens with one attached hydrogen (secondary N) is 1. The van der Waals surface area contributed by atoms with Crippen LogP contribution in [-0.4, -0.2) is 70.5 Å². The number of aliphatic hydroxyl groups is 2. The monoisotopic (exact) mass is 886 g/mol. The maximum atomic E-state index is 14.8. The Morgan fingerprint density at radius 2 is 1.77 bits per heavy atom. The topological polar surface area (TPSA) is 167 Å². The minimum Gasteiger partial charge on any atom is -0.504 e. The van der Waals surface area contributed by atoms with Crippen molar-refractivity contribution in [1.29, 1.82) is 0 Å². The van der Waals surface area contributed by atoms with Crippen molar-refractivity contribution in [2.75, 3.05) is 25.9 Å². The number of fused-ring (bicyclic) bond motifs is 2. The number of nitrogens with two attached hydrogens (primary N) is 1. The molecule has 9 atom stereocenters. The van der Waals surface area contributed by atoms with Crippen LogP contribution < -0.4 is 15.8 Å². The molecule has 1 aromatic heterocycles. The summed E-state index contributed by atoms with van der Waals surface area (Å²) in [5, 5.41) is 36.6. The van der Waals surface area contributed by atoms with Crippen LogP contribution in [0.5, 0.6) is 11.5 Å². The van der Waals surface area contributed by atoms with E-state index in [0.29, 0.717) is 62.7 Å². The molecule has 10 heteroatoms. The van der Waals surface area contributed by atoms with Gasteiger partial charge in [0.15, 0.2) is 17.2 Å². The van der Waals surface area contributed by atoms with Gasteiger partial charge < -0.3 is 31.1 Å². The fourth-order valence-electron chi connectivity index (χ4n) is 10.5. The van der Waals surface area contributed by atoms with Gasteiger partial charge in [0, 0.05) is 37.5 Å². The van der Waals surface area contributed by atoms with Gasteiger partial charge in [0.2, 0.25) is 0 Å². The molecule has 6 N–H and O–H groups in total. The molecule has 2 aliphatic carbocycles. The predicted molar refractivity (Wildman–Crippen MR) is 260 cm³/mol. The van der Waals surface area contributed by atoms with Crippen LogP contribution in [0, 0.1) is 59.2 Å². The number of aryl methyl sites for hydroxylation is 2. The van der Waals surface area contributed by atoms with Crippen LogP contribution in [0.2, 0.25) is 0 Å². The van der Waals surface area contributed by atoms with Gasteiger partial charge >= 0.3 is 0 Å². The third kappa shape index (κ3) is 13.6. The predicted octanol–water partition coefficient (Wildman–Crippen LogP) is 8.78. The van der Waals surface area contributed by atoms with Crippen LogP contribution in [0.1, 0.15) is 126 Å². The molecule has 6 rings (SSSR count). The number of ketones is 2. The van der Waals surface area contributed by atoms with Crippen molar-refractivity contribution >= 4 is 23.6 Å². The zero-order valence-corrected chi connectivity index (χ0v) is 39.6. The molecular formula is C55H73N4O6+. The lowest BCUT2D eigenvalue weighted by molar-refractivity contribution is -0.130. The molecule has 1 fully saturated rings. The number of aromatic hydroxyl groups is 1. The molecule has 0 saturated heterocycles. The maximum absolute atomic E-state index is 14.8. The second-order valence-electron chi connectivity index (χ2n) is 19.6. The highest BCUT2D eigenvalue weighted by molar-refractivity contribution is 6.00. The van der Waals surface area contributed by atoms with Crippen LogP contribution in [-0.2, 0) is 28.9 Å². The number of methoxy groups -OCH3 is 1. The molecule has 65 heavy (non-hydrogen) atoms. The zero-order chi connectivity index (χ0) is 46.6. The van der Waals surface area contributed by atoms with Crippen molar-refractivity contribution in [3.8, 4) is 23.3 Å². The summed E-state index contributed by atoms with van der Waals surface area (Å²) in [6, 6.07) is 15.9. The Morgan fingerprint density at radius 3 is 2.51 bits per heavy atom. The minimum absolute atomic E-state index is 0.0195. The number of carbonyl (C=O) groups excluding carboxylic acids is 2. The average molecular weight is 886 g/mol. The lowest BCUT2D eigenvalue weighted by Crippen LogP contribution is -2.32. The number of phenolic OH excluding ortho intramolecular Hbond substituents is 1. The number of allylic oxidation sites excluding steroid dienone is 1. The molecule has 10 nitrogen and oxygen atoms in total. The second-order valence-corrected chi connectivity index (χ2v) is 19.6. The Bertz CT molecular complexity index is 2200. The lowest BCUT2D eigenvalue weighted by Gasteiger charge is -2.32. The first kappa shape index (κ1) is 49.5. The molecule has 2 heterocycles. The van der Waals surface area contributed by atoms with E-state index in [4.69, 9.17) is 15.5 Å². The van der Waals surface area contributed by atoms with Crippen LogP contribution in [0.4, 0.5) is 5.82 Å². The molecule has 0 spiro atoms. The SMILES string of the molecule is CCC[C@@H]([C@H]1C[C@H](Cc2ccnc(N)c2)C[C@H]2C#C[C@H](c3ccccc3CCC(C)C)c3cc(O)c(OC)cc3CCC(=O)CC(=O)[C@@H]2C1)[C@H](O)CC1=C[C+]([C@H](C)CNC[C@H](C)O)C=N1. The van der Waals surface area contributed by atoms with Crippen molar-refractivity contribution in [1.82, 2.24) is 10.3 Å². The number of carbonyl (C=O) groups is 2. The number of aliphatic hydroxyl groups excluding tert-OH is 2. The van der Waals surface area contributed by atoms with E-state index in [2.05, 4.69) is 74.1 Å². The summed E-state index contributed by atoms with van der Waals surface area (Å²) in [6.07, 6.45) is 11.6. The Morgan fingerprint density at radius 1 is 0.969 bits per heavy atom. The molecule has 3 aliphatic rings. The Kier molecular flexibility index (Phi) is 17.9. The smallest absolute Gasteiger partial charge is 0.177 e. The van der Waals surface area contributed by atoms with Gasteiger partial charge in [-0.2, -0.15) is 0 Å². The van der Waals surface area contributed by atoms with Crippen LogP contribution in [0.3, 0.4) is 0 Å². The standard InChI is InChI=1S/C55H72N4O6/c1-7-10-47(51(62)28-44-25-43(33-59-44)35(4)31-57-32-36(5)60)42-23-38(21-37-19-20-58-55(56)24-37)22-40-16-18-48(46-12-9-8-11-39(46)14-13-34(2)3)49-30-53(64)54(65-6)27-41(49)15-17-45(61)29-52(63)50(40)26-42/h8-9,11-12,19-20,24-25,27,30,33-36,38,40,42,47-48,50-51,57,60,62H,7,10,13-15,17,21-23,26,28-29,31-32H2,1-6H3,(H2-,56,58,64)/p+1/t35-,36+,38-,40-,42+,47+,48-,50-,51-/m1/s1. The van der Waals surface area contributed by atoms with Crippen molar-refractivity contribution in [2.45, 2.75) is 130 Å². The number of anilines is 1. The number of phenols is 1. The highest BCUT2D eigenvalue weighted by Gasteiger charge is 2.42. The van der Waals surface area contributed by atoms with Crippen molar-refractivity contribution in [3.63, 3.8) is 0 Å². The van der Waals surface area contributed by atoms with Gasteiger partial charge in [-0.1, -0.05) is 63.3 Å². The summed E-state index contributed by atoms with van der Waals surface area (Å²) in [4.78, 5) is 37.7. The first-order valence-electron chi connectivity index (χ1n) is 24.1. The molecule has 0 unspecified atom stereocenters. The molecular weight excluding hydrogens is 813 g/mol. The number of nitrogen functional groups attached to an aromatic ring is 1. The number of hydrogen-bond acceptors (Lipinski definition) is 10. The summed E-state index contributed by atoms with van der Waals surface area (Å²) in [5.41, 5.74) is 12.1. The van der Waals surface area contributed by atoms with Gasteiger partial charge in [0.05, 0.1) is 44.0 Å². The van der Waals surface area contributed by atoms with Crippen LogP contribution >= 0.6 is 0 Å². The summed E-state index contributed by atoms with van der Waals surface area (Å²) in [7, 11) is 1.52. The Labute approximate surface area is 388 Å². The normalized spacial score (nSPS) is 23.2. The summed E-state index contributed by atoms with van der Waals surface area (Å²) < 4.78 is 5.57. The minimum atomic E-state index is -0.693. The molecule has 0 bridgehead atoms. The van der Waals surface area contributed by atoms with E-state index in [-0.39, 0.29) is 59.7 Å². The fraction of sp³-hybridized carbons (Fsp3) is 0.545. The van der Waals surface area contributed by atoms with Crippen LogP contribution in [0.25, 0.3) is 0 Å². The summed E-state index contributed by atoms with van der Waals surface area (Å²) >= 11 is 0. The first-order valence-corrected chi connectivity index (χ1v) is 24.1. The molecule has 0 radical (unpaired) electrons. The van der Waals surface area contributed by atoms with E-state index in [1.54, 1.807) is 19.2 Å². The van der Waals surface area contributed by atoms with Crippen molar-refractivity contribution in [2.24, 2.45) is 46.4 Å². The number of rotatable bonds is 18. The summed E-state index contributed by atoms with van der Waals surface area (Å²) in [5.74, 6) is 8.60. The number of aliphatic imine (C=N–C) groups is 1. The second kappa shape index (κ2) is 23.5. The number of nitrogens with zero attached hydrogens (tertiary/aromatic N) is 2. The molecule has 0 amide bonds. The lowest BCUT2D eigenvalue weighted by atomic mass is 9.73. The summed E-state index contributed by atoms with van der Waals surface area (Å²) in [6.45, 7) is 11.7. The Balaban J connectivity index is 1.41. The number of benzene rings is 2. The van der Waals surface area contributed by atoms with Crippen molar-refractivity contribution < 1.29 is 29.6 Å². The average Bonchev–Trinajstić information content (AvgIpc) is 3.66. The van der Waals surface area contributed by atoms with E-state index in [9.17, 15) is 24.9 Å². The molecule has 3 aromatic rings. The van der Waals surface area contributed by atoms with Gasteiger partial charge in [-0.15, -0.1) is 4.99 Å². The fourth-order valence-corrected chi connectivity index (χ4v) is 10.5. The largest absolute Gasteiger partial charge is 0.504 e. The quantitative estimate of drug-likeness (QED) is 0.0477. The molecule has 2 aromatic carbocycles. The van der Waals surface area contributed by atoms with E-state index in [1.165, 1.54) is 12.7 Å². The maximum Gasteiger partial charge on any atom is 0.177 e. The highest BCUT2D eigenvalue weighted by Crippen LogP contribution is 2.45. The van der Waals surface area contributed by atoms with Gasteiger partial charge in [0.25, 0.3) is 0 Å². The van der Waals surface area contributed by atoms with Gasteiger partial charge in [-0.3, -0.25) is 9.59 Å². The van der Waals surface area contributed by atoms with E-state index < -0.39 is 24.0 Å². The number of pyridine rings is 1. The third-order valence-corrected chi connectivity index (χ3v) is 13.9. The van der Waals surface area contributed by atoms with Gasteiger partial charge in [-0.05, 0) is 141 Å². The zero-order valence-electron chi connectivity index (χ0n) is 39.6. The van der Waals surface area contributed by atoms with Crippen LogP contribution in [0.15, 0.2) is 71.5 Å². The first-order chi connectivity index (χ1) is 31.2. The molecule has 1 aliphatic heterocycles.